The molecular weight excluding hydrogens is 258 g/mol. The van der Waals surface area contributed by atoms with Gasteiger partial charge in [0.15, 0.2) is 0 Å². The second-order valence-electron chi connectivity index (χ2n) is 3.94. The molecule has 1 saturated carbocycles. The molecule has 5 heteroatoms. The first kappa shape index (κ1) is 10.8. The standard InChI is InChI=1S/C10H14BrN3O/c1-6(5-15)12-9-4-8(11)13-10(14-9)7-2-3-7/h4,6-7,15H,2-3,5H2,1H3,(H,12,13,14). The molecule has 0 amide bonds. The van der Waals surface area contributed by atoms with Gasteiger partial charge in [0, 0.05) is 18.0 Å². The number of aliphatic hydroxyl groups is 1. The molecule has 1 aliphatic rings. The Morgan fingerprint density at radius 1 is 1.60 bits per heavy atom. The van der Waals surface area contributed by atoms with E-state index in [4.69, 9.17) is 5.11 Å². The van der Waals surface area contributed by atoms with Crippen molar-refractivity contribution in [1.82, 2.24) is 9.97 Å². The molecule has 1 unspecified atom stereocenters. The molecule has 4 nitrogen and oxygen atoms in total. The van der Waals surface area contributed by atoms with Gasteiger partial charge < -0.3 is 10.4 Å². The maximum atomic E-state index is 8.94. The lowest BCUT2D eigenvalue weighted by atomic mass is 10.3. The number of nitrogens with one attached hydrogen (secondary N) is 1. The summed E-state index contributed by atoms with van der Waals surface area (Å²) in [5.41, 5.74) is 0. The van der Waals surface area contributed by atoms with Gasteiger partial charge in [0.1, 0.15) is 16.2 Å². The summed E-state index contributed by atoms with van der Waals surface area (Å²) in [5, 5.41) is 12.1. The van der Waals surface area contributed by atoms with Gasteiger partial charge in [-0.1, -0.05) is 0 Å². The summed E-state index contributed by atoms with van der Waals surface area (Å²) in [6.07, 6.45) is 2.37. The molecule has 0 spiro atoms. The molecule has 2 N–H and O–H groups in total. The summed E-state index contributed by atoms with van der Waals surface area (Å²) in [5.74, 6) is 2.21. The van der Waals surface area contributed by atoms with Crippen LogP contribution in [0.4, 0.5) is 5.82 Å². The summed E-state index contributed by atoms with van der Waals surface area (Å²) in [6.45, 7) is 2.01. The molecule has 0 aliphatic heterocycles. The molecule has 0 radical (unpaired) electrons. The van der Waals surface area contributed by atoms with Crippen molar-refractivity contribution in [3.63, 3.8) is 0 Å². The highest BCUT2D eigenvalue weighted by Crippen LogP contribution is 2.38. The van der Waals surface area contributed by atoms with E-state index in [1.165, 1.54) is 12.8 Å². The SMILES string of the molecule is CC(CO)Nc1cc(Br)nc(C2CC2)n1. The fraction of sp³-hybridized carbons (Fsp3) is 0.600. The smallest absolute Gasteiger partial charge is 0.135 e. The van der Waals surface area contributed by atoms with Crippen molar-refractivity contribution in [2.45, 2.75) is 31.7 Å². The minimum atomic E-state index is 0.0128. The minimum absolute atomic E-state index is 0.0128. The van der Waals surface area contributed by atoms with Crippen LogP contribution in [-0.4, -0.2) is 27.7 Å². The first-order valence-electron chi connectivity index (χ1n) is 5.11. The zero-order chi connectivity index (χ0) is 10.8. The molecule has 0 bridgehead atoms. The second kappa shape index (κ2) is 4.45. The Morgan fingerprint density at radius 2 is 2.33 bits per heavy atom. The van der Waals surface area contributed by atoms with E-state index in [9.17, 15) is 0 Å². The van der Waals surface area contributed by atoms with Crippen LogP contribution in [0.25, 0.3) is 0 Å². The molecular formula is C10H14BrN3O. The average molecular weight is 272 g/mol. The van der Waals surface area contributed by atoms with Crippen LogP contribution in [0.2, 0.25) is 0 Å². The van der Waals surface area contributed by atoms with Crippen LogP contribution in [0.5, 0.6) is 0 Å². The van der Waals surface area contributed by atoms with Crippen LogP contribution in [-0.2, 0) is 0 Å². The largest absolute Gasteiger partial charge is 0.394 e. The van der Waals surface area contributed by atoms with E-state index in [0.717, 1.165) is 16.2 Å². The van der Waals surface area contributed by atoms with Gasteiger partial charge in [0.2, 0.25) is 0 Å². The highest BCUT2D eigenvalue weighted by Gasteiger charge is 2.27. The normalized spacial score (nSPS) is 17.5. The number of hydrogen-bond acceptors (Lipinski definition) is 4. The van der Waals surface area contributed by atoms with Crippen LogP contribution in [0.1, 0.15) is 31.5 Å². The summed E-state index contributed by atoms with van der Waals surface area (Å²) in [4.78, 5) is 8.75. The molecule has 1 atom stereocenters. The molecule has 1 aromatic rings. The number of halogens is 1. The first-order valence-corrected chi connectivity index (χ1v) is 5.90. The van der Waals surface area contributed by atoms with Gasteiger partial charge >= 0.3 is 0 Å². The van der Waals surface area contributed by atoms with Crippen molar-refractivity contribution in [3.8, 4) is 0 Å². The van der Waals surface area contributed by atoms with E-state index >= 15 is 0 Å². The van der Waals surface area contributed by atoms with E-state index in [2.05, 4.69) is 31.2 Å². The van der Waals surface area contributed by atoms with Gasteiger partial charge in [-0.2, -0.15) is 0 Å². The minimum Gasteiger partial charge on any atom is -0.394 e. The summed E-state index contributed by atoms with van der Waals surface area (Å²) in [7, 11) is 0. The molecule has 1 aliphatic carbocycles. The van der Waals surface area contributed by atoms with Crippen molar-refractivity contribution in [2.75, 3.05) is 11.9 Å². The Kier molecular flexibility index (Phi) is 3.21. The average Bonchev–Trinajstić information content (AvgIpc) is 2.99. The Morgan fingerprint density at radius 3 is 2.93 bits per heavy atom. The second-order valence-corrected chi connectivity index (χ2v) is 4.75. The molecule has 1 fully saturated rings. The third-order valence-corrected chi connectivity index (χ3v) is 2.73. The van der Waals surface area contributed by atoms with Crippen molar-refractivity contribution in [3.05, 3.63) is 16.5 Å². The van der Waals surface area contributed by atoms with Crippen LogP contribution >= 0.6 is 15.9 Å². The van der Waals surface area contributed by atoms with Crippen LogP contribution < -0.4 is 5.32 Å². The fourth-order valence-electron chi connectivity index (χ4n) is 1.33. The maximum Gasteiger partial charge on any atom is 0.135 e. The summed E-state index contributed by atoms with van der Waals surface area (Å²) >= 11 is 3.37. The van der Waals surface area contributed by atoms with Crippen molar-refractivity contribution in [1.29, 1.82) is 0 Å². The van der Waals surface area contributed by atoms with Crippen molar-refractivity contribution in [2.24, 2.45) is 0 Å². The van der Waals surface area contributed by atoms with Crippen molar-refractivity contribution >= 4 is 21.7 Å². The zero-order valence-corrected chi connectivity index (χ0v) is 10.2. The zero-order valence-electron chi connectivity index (χ0n) is 8.57. The van der Waals surface area contributed by atoms with Crippen LogP contribution in [0.15, 0.2) is 10.7 Å². The lowest BCUT2D eigenvalue weighted by Crippen LogP contribution is -2.20. The summed E-state index contributed by atoms with van der Waals surface area (Å²) in [6, 6.07) is 1.84. The summed E-state index contributed by atoms with van der Waals surface area (Å²) < 4.78 is 0.798. The number of anilines is 1. The Labute approximate surface area is 97.3 Å². The molecule has 1 heterocycles. The Bertz CT molecular complexity index is 355. The maximum absolute atomic E-state index is 8.94. The molecule has 82 valence electrons. The number of aliphatic hydroxyl groups excluding tert-OH is 1. The van der Waals surface area contributed by atoms with Gasteiger partial charge in [-0.05, 0) is 35.7 Å². The van der Waals surface area contributed by atoms with E-state index in [1.807, 2.05) is 13.0 Å². The van der Waals surface area contributed by atoms with Gasteiger partial charge in [-0.25, -0.2) is 9.97 Å². The first-order chi connectivity index (χ1) is 7.19. The third-order valence-electron chi connectivity index (χ3n) is 2.32. The number of aromatic nitrogens is 2. The van der Waals surface area contributed by atoms with Crippen molar-refractivity contribution < 1.29 is 5.11 Å². The number of nitrogens with zero attached hydrogens (tertiary/aromatic N) is 2. The molecule has 1 aromatic heterocycles. The van der Waals surface area contributed by atoms with Crippen LogP contribution in [0.3, 0.4) is 0 Å². The number of rotatable bonds is 4. The molecule has 15 heavy (non-hydrogen) atoms. The van der Waals surface area contributed by atoms with Gasteiger partial charge in [-0.3, -0.25) is 0 Å². The molecule has 2 rings (SSSR count). The van der Waals surface area contributed by atoms with Gasteiger partial charge in [0.25, 0.3) is 0 Å². The molecule has 0 aromatic carbocycles. The topological polar surface area (TPSA) is 58.0 Å². The lowest BCUT2D eigenvalue weighted by molar-refractivity contribution is 0.281. The van der Waals surface area contributed by atoms with Crippen LogP contribution in [0, 0.1) is 0 Å². The van der Waals surface area contributed by atoms with E-state index < -0.39 is 0 Å². The Hall–Kier alpha value is -0.680. The fourth-order valence-corrected chi connectivity index (χ4v) is 1.73. The van der Waals surface area contributed by atoms with E-state index in [-0.39, 0.29) is 12.6 Å². The molecule has 0 saturated heterocycles. The van der Waals surface area contributed by atoms with E-state index in [1.54, 1.807) is 0 Å². The monoisotopic (exact) mass is 271 g/mol. The third kappa shape index (κ3) is 2.89. The Balaban J connectivity index is 2.15. The van der Waals surface area contributed by atoms with E-state index in [0.29, 0.717) is 5.92 Å². The highest BCUT2D eigenvalue weighted by molar-refractivity contribution is 9.10. The van der Waals surface area contributed by atoms with Gasteiger partial charge in [0.05, 0.1) is 6.61 Å². The quantitative estimate of drug-likeness (QED) is 0.822. The predicted octanol–water partition coefficient (Wildman–Crippen LogP) is 1.91. The number of hydrogen-bond donors (Lipinski definition) is 2. The van der Waals surface area contributed by atoms with Gasteiger partial charge in [-0.15, -0.1) is 0 Å². The highest BCUT2D eigenvalue weighted by atomic mass is 79.9. The lowest BCUT2D eigenvalue weighted by Gasteiger charge is -2.12. The predicted molar refractivity (Wildman–Crippen MR) is 61.9 cm³/mol.